The Morgan fingerprint density at radius 3 is 2.79 bits per heavy atom. The van der Waals surface area contributed by atoms with Crippen molar-refractivity contribution < 1.29 is 4.74 Å². The molecule has 0 saturated heterocycles. The molecule has 7 nitrogen and oxygen atoms in total. The molecular formula is C12H20N6O. The van der Waals surface area contributed by atoms with Gasteiger partial charge in [-0.2, -0.15) is 9.97 Å². The fourth-order valence-corrected chi connectivity index (χ4v) is 1.81. The van der Waals surface area contributed by atoms with E-state index in [1.807, 2.05) is 0 Å². The number of ether oxygens (including phenoxy) is 1. The number of H-pyrrole nitrogens is 1. The highest BCUT2D eigenvalue weighted by atomic mass is 16.5. The van der Waals surface area contributed by atoms with Crippen molar-refractivity contribution >= 4 is 22.9 Å². The Morgan fingerprint density at radius 2 is 2.16 bits per heavy atom. The van der Waals surface area contributed by atoms with Crippen molar-refractivity contribution in [2.75, 3.05) is 31.4 Å². The summed E-state index contributed by atoms with van der Waals surface area (Å²) in [5, 5.41) is 6.33. The molecule has 0 saturated carbocycles. The molecule has 3 N–H and O–H groups in total. The van der Waals surface area contributed by atoms with Crippen molar-refractivity contribution in [2.45, 2.75) is 19.9 Å². The third-order valence-electron chi connectivity index (χ3n) is 2.98. The number of aromatic nitrogens is 4. The zero-order valence-electron chi connectivity index (χ0n) is 11.7. The summed E-state index contributed by atoms with van der Waals surface area (Å²) in [6, 6.07) is 0.177. The van der Waals surface area contributed by atoms with Crippen molar-refractivity contribution in [3.05, 3.63) is 6.33 Å². The molecule has 2 rings (SSSR count). The van der Waals surface area contributed by atoms with Gasteiger partial charge in [-0.3, -0.25) is 0 Å². The van der Waals surface area contributed by atoms with Crippen LogP contribution in [-0.2, 0) is 4.74 Å². The Morgan fingerprint density at radius 1 is 1.37 bits per heavy atom. The zero-order chi connectivity index (χ0) is 13.8. The second kappa shape index (κ2) is 5.83. The first kappa shape index (κ1) is 13.5. The number of aromatic amines is 1. The van der Waals surface area contributed by atoms with Gasteiger partial charge in [0.2, 0.25) is 5.95 Å². The van der Waals surface area contributed by atoms with Crippen LogP contribution in [0.4, 0.5) is 11.8 Å². The lowest BCUT2D eigenvalue weighted by molar-refractivity contribution is 0.171. The molecule has 2 aromatic heterocycles. The summed E-state index contributed by atoms with van der Waals surface area (Å²) >= 11 is 0. The second-order valence-electron chi connectivity index (χ2n) is 4.70. The zero-order valence-corrected chi connectivity index (χ0v) is 11.7. The van der Waals surface area contributed by atoms with Crippen molar-refractivity contribution in [3.63, 3.8) is 0 Å². The monoisotopic (exact) mass is 264 g/mol. The van der Waals surface area contributed by atoms with Crippen molar-refractivity contribution in [3.8, 4) is 0 Å². The van der Waals surface area contributed by atoms with Crippen LogP contribution in [0.3, 0.4) is 0 Å². The topological polar surface area (TPSA) is 87.8 Å². The Balaban J connectivity index is 2.34. The number of nitrogens with one attached hydrogen (secondary N) is 3. The fraction of sp³-hybridized carbons (Fsp3) is 0.583. The van der Waals surface area contributed by atoms with Gasteiger partial charge in [0.1, 0.15) is 5.52 Å². The average Bonchev–Trinajstić information content (AvgIpc) is 2.86. The van der Waals surface area contributed by atoms with E-state index in [9.17, 15) is 0 Å². The molecule has 7 heteroatoms. The van der Waals surface area contributed by atoms with E-state index in [0.29, 0.717) is 24.1 Å². The Labute approximate surface area is 112 Å². The van der Waals surface area contributed by atoms with Gasteiger partial charge >= 0.3 is 0 Å². The van der Waals surface area contributed by atoms with Gasteiger partial charge in [-0.1, -0.05) is 13.8 Å². The first-order chi connectivity index (χ1) is 9.15. The van der Waals surface area contributed by atoms with Gasteiger partial charge < -0.3 is 20.4 Å². The quantitative estimate of drug-likeness (QED) is 0.732. The highest BCUT2D eigenvalue weighted by Gasteiger charge is 2.17. The number of imidazole rings is 1. The standard InChI is InChI=1S/C12H20N6O/c1-7(2)8(5-19-4)16-11-9-10(15-6-14-9)17-12(13-3)18-11/h6-8H,5H2,1-4H3,(H3,13,14,15,16,17,18). The summed E-state index contributed by atoms with van der Waals surface area (Å²) in [5.41, 5.74) is 1.45. The molecule has 0 bridgehead atoms. The number of anilines is 2. The van der Waals surface area contributed by atoms with E-state index in [4.69, 9.17) is 4.74 Å². The van der Waals surface area contributed by atoms with Crippen molar-refractivity contribution in [2.24, 2.45) is 5.92 Å². The maximum atomic E-state index is 5.24. The molecule has 0 aromatic carbocycles. The third kappa shape index (κ3) is 2.93. The lowest BCUT2D eigenvalue weighted by Crippen LogP contribution is -2.31. The third-order valence-corrected chi connectivity index (χ3v) is 2.98. The summed E-state index contributed by atoms with van der Waals surface area (Å²) in [7, 11) is 3.48. The van der Waals surface area contributed by atoms with Crippen LogP contribution in [-0.4, -0.2) is 46.7 Å². The first-order valence-electron chi connectivity index (χ1n) is 6.30. The molecule has 2 aromatic rings. The molecule has 1 unspecified atom stereocenters. The summed E-state index contributed by atoms with van der Waals surface area (Å²) in [4.78, 5) is 15.9. The van der Waals surface area contributed by atoms with E-state index in [1.54, 1.807) is 20.5 Å². The van der Waals surface area contributed by atoms with Crippen LogP contribution in [0.2, 0.25) is 0 Å². The van der Waals surface area contributed by atoms with E-state index in [1.165, 1.54) is 0 Å². The highest BCUT2D eigenvalue weighted by Crippen LogP contribution is 2.20. The summed E-state index contributed by atoms with van der Waals surface area (Å²) in [6.45, 7) is 4.90. The Hall–Kier alpha value is -1.89. The largest absolute Gasteiger partial charge is 0.383 e. The lowest BCUT2D eigenvalue weighted by atomic mass is 10.1. The van der Waals surface area contributed by atoms with Crippen LogP contribution in [0.5, 0.6) is 0 Å². The molecule has 19 heavy (non-hydrogen) atoms. The van der Waals surface area contributed by atoms with E-state index < -0.39 is 0 Å². The average molecular weight is 264 g/mol. The molecule has 0 amide bonds. The Kier molecular flexibility index (Phi) is 4.16. The molecule has 104 valence electrons. The van der Waals surface area contributed by atoms with Gasteiger partial charge in [0.05, 0.1) is 19.0 Å². The SMILES string of the molecule is CNc1nc(NC(COC)C(C)C)c2[nH]cnc2n1. The molecule has 0 aliphatic rings. The molecule has 0 fully saturated rings. The lowest BCUT2D eigenvalue weighted by Gasteiger charge is -2.22. The normalized spacial score (nSPS) is 12.9. The number of fused-ring (bicyclic) bond motifs is 1. The Bertz CT molecular complexity index is 538. The van der Waals surface area contributed by atoms with E-state index in [-0.39, 0.29) is 6.04 Å². The molecule has 2 heterocycles. The van der Waals surface area contributed by atoms with Crippen LogP contribution >= 0.6 is 0 Å². The molecule has 1 atom stereocenters. The number of hydrogen-bond donors (Lipinski definition) is 3. The van der Waals surface area contributed by atoms with Gasteiger partial charge in [0, 0.05) is 14.2 Å². The van der Waals surface area contributed by atoms with Gasteiger partial charge in [0.15, 0.2) is 11.5 Å². The number of rotatable bonds is 6. The second-order valence-corrected chi connectivity index (χ2v) is 4.70. The molecule has 0 radical (unpaired) electrons. The van der Waals surface area contributed by atoms with Crippen LogP contribution < -0.4 is 10.6 Å². The highest BCUT2D eigenvalue weighted by molar-refractivity contribution is 5.83. The van der Waals surface area contributed by atoms with Crippen LogP contribution in [0.1, 0.15) is 13.8 Å². The minimum absolute atomic E-state index is 0.177. The van der Waals surface area contributed by atoms with Crippen LogP contribution in [0.25, 0.3) is 11.2 Å². The van der Waals surface area contributed by atoms with Gasteiger partial charge in [-0.05, 0) is 5.92 Å². The maximum absolute atomic E-state index is 5.24. The van der Waals surface area contributed by atoms with Crippen molar-refractivity contribution in [1.82, 2.24) is 19.9 Å². The van der Waals surface area contributed by atoms with E-state index in [2.05, 4.69) is 44.4 Å². The van der Waals surface area contributed by atoms with Gasteiger partial charge in [-0.25, -0.2) is 4.98 Å². The van der Waals surface area contributed by atoms with Gasteiger partial charge in [-0.15, -0.1) is 0 Å². The van der Waals surface area contributed by atoms with Crippen LogP contribution in [0, 0.1) is 5.92 Å². The predicted octanol–water partition coefficient (Wildman–Crippen LogP) is 1.48. The molecule has 0 aliphatic heterocycles. The number of hydrogen-bond acceptors (Lipinski definition) is 6. The number of nitrogens with zero attached hydrogens (tertiary/aromatic N) is 3. The fourth-order valence-electron chi connectivity index (χ4n) is 1.81. The van der Waals surface area contributed by atoms with Crippen molar-refractivity contribution in [1.29, 1.82) is 0 Å². The summed E-state index contributed by atoms with van der Waals surface area (Å²) < 4.78 is 5.24. The first-order valence-corrected chi connectivity index (χ1v) is 6.30. The number of methoxy groups -OCH3 is 1. The van der Waals surface area contributed by atoms with E-state index >= 15 is 0 Å². The smallest absolute Gasteiger partial charge is 0.226 e. The predicted molar refractivity (Wildman–Crippen MR) is 75.4 cm³/mol. The minimum Gasteiger partial charge on any atom is -0.383 e. The van der Waals surface area contributed by atoms with Gasteiger partial charge in [0.25, 0.3) is 0 Å². The molecule has 0 aliphatic carbocycles. The summed E-state index contributed by atoms with van der Waals surface area (Å²) in [6.07, 6.45) is 1.62. The molecular weight excluding hydrogens is 244 g/mol. The molecule has 0 spiro atoms. The minimum atomic E-state index is 0.177. The van der Waals surface area contributed by atoms with Crippen LogP contribution in [0.15, 0.2) is 6.33 Å². The summed E-state index contributed by atoms with van der Waals surface area (Å²) in [5.74, 6) is 1.70. The van der Waals surface area contributed by atoms with E-state index in [0.717, 1.165) is 11.3 Å². The maximum Gasteiger partial charge on any atom is 0.226 e.